The Balaban J connectivity index is 2.26. The molecule has 1 unspecified atom stereocenters. The first kappa shape index (κ1) is 7.40. The van der Waals surface area contributed by atoms with Crippen LogP contribution < -0.4 is 5.32 Å². The van der Waals surface area contributed by atoms with Crippen molar-refractivity contribution in [2.45, 2.75) is 38.6 Å². The molecule has 0 saturated heterocycles. The van der Waals surface area contributed by atoms with Gasteiger partial charge in [-0.3, -0.25) is 0 Å². The highest BCUT2D eigenvalue weighted by molar-refractivity contribution is 4.81. The molecule has 0 aromatic heterocycles. The number of hydrogen-bond donors (Lipinski definition) is 1. The minimum atomic E-state index is 0.396. The van der Waals surface area contributed by atoms with E-state index in [0.717, 1.165) is 5.92 Å². The van der Waals surface area contributed by atoms with Crippen LogP contribution in [0, 0.1) is 17.4 Å². The molecule has 0 radical (unpaired) electrons. The van der Waals surface area contributed by atoms with Crippen LogP contribution in [0.2, 0.25) is 0 Å². The molecule has 1 aliphatic rings. The van der Waals surface area contributed by atoms with Gasteiger partial charge in [-0.1, -0.05) is 12.8 Å². The van der Waals surface area contributed by atoms with Crippen LogP contribution in [-0.4, -0.2) is 6.04 Å². The van der Waals surface area contributed by atoms with Crippen molar-refractivity contribution in [3.63, 3.8) is 0 Å². The zero-order valence-electron chi connectivity index (χ0n) is 6.43. The first-order chi connectivity index (χ1) is 4.84. The van der Waals surface area contributed by atoms with Gasteiger partial charge in [0.15, 0.2) is 6.19 Å². The average molecular weight is 138 g/mol. The van der Waals surface area contributed by atoms with Crippen molar-refractivity contribution in [3.05, 3.63) is 0 Å². The second-order valence-electron chi connectivity index (χ2n) is 3.09. The molecule has 1 atom stereocenters. The maximum absolute atomic E-state index is 8.34. The molecule has 1 aliphatic carbocycles. The SMILES string of the molecule is CC(NC#N)C1CCCC1. The summed E-state index contributed by atoms with van der Waals surface area (Å²) in [6, 6.07) is 0.396. The Labute approximate surface area is 62.2 Å². The van der Waals surface area contributed by atoms with E-state index in [-0.39, 0.29) is 0 Å². The van der Waals surface area contributed by atoms with Crippen LogP contribution >= 0.6 is 0 Å². The fraction of sp³-hybridized carbons (Fsp3) is 0.875. The smallest absolute Gasteiger partial charge is 0.176 e. The highest BCUT2D eigenvalue weighted by atomic mass is 14.9. The lowest BCUT2D eigenvalue weighted by molar-refractivity contribution is 0.420. The molecule has 1 rings (SSSR count). The molecule has 0 aromatic carbocycles. The highest BCUT2D eigenvalue weighted by Gasteiger charge is 2.20. The van der Waals surface area contributed by atoms with E-state index in [0.29, 0.717) is 6.04 Å². The van der Waals surface area contributed by atoms with Gasteiger partial charge >= 0.3 is 0 Å². The predicted molar refractivity (Wildman–Crippen MR) is 40.2 cm³/mol. The number of rotatable bonds is 2. The molecule has 0 bridgehead atoms. The van der Waals surface area contributed by atoms with E-state index in [1.807, 2.05) is 6.19 Å². The molecular formula is C8H14N2. The zero-order chi connectivity index (χ0) is 7.40. The lowest BCUT2D eigenvalue weighted by Crippen LogP contribution is -2.28. The van der Waals surface area contributed by atoms with Crippen LogP contribution in [0.15, 0.2) is 0 Å². The normalized spacial score (nSPS) is 22.0. The molecule has 1 fully saturated rings. The van der Waals surface area contributed by atoms with Crippen LogP contribution in [0.25, 0.3) is 0 Å². The molecule has 0 amide bonds. The molecule has 0 aromatic rings. The van der Waals surface area contributed by atoms with Gasteiger partial charge in [-0.15, -0.1) is 0 Å². The van der Waals surface area contributed by atoms with Crippen molar-refractivity contribution in [3.8, 4) is 6.19 Å². The molecule has 0 aliphatic heterocycles. The Morgan fingerprint density at radius 2 is 2.10 bits per heavy atom. The van der Waals surface area contributed by atoms with Crippen molar-refractivity contribution in [2.75, 3.05) is 0 Å². The Morgan fingerprint density at radius 3 is 2.60 bits per heavy atom. The van der Waals surface area contributed by atoms with Gasteiger partial charge in [0, 0.05) is 6.04 Å². The number of hydrogen-bond acceptors (Lipinski definition) is 2. The van der Waals surface area contributed by atoms with Crippen molar-refractivity contribution >= 4 is 0 Å². The summed E-state index contributed by atoms with van der Waals surface area (Å²) in [4.78, 5) is 0. The Bertz CT molecular complexity index is 131. The van der Waals surface area contributed by atoms with Gasteiger partial charge in [0.25, 0.3) is 0 Å². The molecular weight excluding hydrogens is 124 g/mol. The largest absolute Gasteiger partial charge is 0.321 e. The second-order valence-corrected chi connectivity index (χ2v) is 3.09. The lowest BCUT2D eigenvalue weighted by Gasteiger charge is -2.15. The van der Waals surface area contributed by atoms with Crippen molar-refractivity contribution < 1.29 is 0 Å². The van der Waals surface area contributed by atoms with E-state index in [1.165, 1.54) is 25.7 Å². The third kappa shape index (κ3) is 1.63. The Morgan fingerprint density at radius 1 is 1.50 bits per heavy atom. The van der Waals surface area contributed by atoms with E-state index >= 15 is 0 Å². The van der Waals surface area contributed by atoms with Gasteiger partial charge in [0.05, 0.1) is 0 Å². The van der Waals surface area contributed by atoms with Crippen LogP contribution in [0.5, 0.6) is 0 Å². The zero-order valence-corrected chi connectivity index (χ0v) is 6.43. The Hall–Kier alpha value is -0.710. The van der Waals surface area contributed by atoms with Crippen molar-refractivity contribution in [1.29, 1.82) is 5.26 Å². The topological polar surface area (TPSA) is 35.8 Å². The van der Waals surface area contributed by atoms with Gasteiger partial charge in [-0.2, -0.15) is 5.26 Å². The van der Waals surface area contributed by atoms with Gasteiger partial charge in [0.1, 0.15) is 0 Å². The lowest BCUT2D eigenvalue weighted by atomic mass is 10.0. The summed E-state index contributed by atoms with van der Waals surface area (Å²) in [5.41, 5.74) is 0. The first-order valence-electron chi connectivity index (χ1n) is 3.99. The molecule has 2 nitrogen and oxygen atoms in total. The van der Waals surface area contributed by atoms with E-state index in [1.54, 1.807) is 0 Å². The van der Waals surface area contributed by atoms with E-state index in [4.69, 9.17) is 5.26 Å². The van der Waals surface area contributed by atoms with Gasteiger partial charge in [0.2, 0.25) is 0 Å². The maximum atomic E-state index is 8.34. The molecule has 0 spiro atoms. The third-order valence-electron chi connectivity index (χ3n) is 2.40. The fourth-order valence-corrected chi connectivity index (χ4v) is 1.68. The summed E-state index contributed by atoms with van der Waals surface area (Å²) < 4.78 is 0. The summed E-state index contributed by atoms with van der Waals surface area (Å²) in [5, 5.41) is 11.1. The second kappa shape index (κ2) is 3.46. The van der Waals surface area contributed by atoms with Crippen LogP contribution in [0.4, 0.5) is 0 Å². The summed E-state index contributed by atoms with van der Waals surface area (Å²) in [7, 11) is 0. The van der Waals surface area contributed by atoms with Crippen LogP contribution in [-0.2, 0) is 0 Å². The molecule has 2 heteroatoms. The van der Waals surface area contributed by atoms with E-state index in [9.17, 15) is 0 Å². The summed E-state index contributed by atoms with van der Waals surface area (Å²) >= 11 is 0. The minimum Gasteiger partial charge on any atom is -0.321 e. The molecule has 10 heavy (non-hydrogen) atoms. The summed E-state index contributed by atoms with van der Waals surface area (Å²) in [5.74, 6) is 0.750. The highest BCUT2D eigenvalue weighted by Crippen LogP contribution is 2.27. The van der Waals surface area contributed by atoms with Crippen LogP contribution in [0.3, 0.4) is 0 Å². The Kier molecular flexibility index (Phi) is 2.56. The van der Waals surface area contributed by atoms with Crippen molar-refractivity contribution in [1.82, 2.24) is 5.32 Å². The first-order valence-corrected chi connectivity index (χ1v) is 3.99. The summed E-state index contributed by atoms with van der Waals surface area (Å²) in [6.45, 7) is 2.10. The van der Waals surface area contributed by atoms with Gasteiger partial charge < -0.3 is 5.32 Å². The monoisotopic (exact) mass is 138 g/mol. The summed E-state index contributed by atoms with van der Waals surface area (Å²) in [6.07, 6.45) is 7.30. The van der Waals surface area contributed by atoms with Gasteiger partial charge in [-0.25, -0.2) is 0 Å². The predicted octanol–water partition coefficient (Wildman–Crippen LogP) is 1.64. The minimum absolute atomic E-state index is 0.396. The number of nitriles is 1. The standard InChI is InChI=1S/C8H14N2/c1-7(10-6-9)8-4-2-3-5-8/h7-8,10H,2-5H2,1H3. The fourth-order valence-electron chi connectivity index (χ4n) is 1.68. The van der Waals surface area contributed by atoms with Gasteiger partial charge in [-0.05, 0) is 25.7 Å². The van der Waals surface area contributed by atoms with Crippen LogP contribution in [0.1, 0.15) is 32.6 Å². The van der Waals surface area contributed by atoms with E-state index < -0.39 is 0 Å². The van der Waals surface area contributed by atoms with Crippen molar-refractivity contribution in [2.24, 2.45) is 5.92 Å². The van der Waals surface area contributed by atoms with E-state index in [2.05, 4.69) is 12.2 Å². The molecule has 1 saturated carbocycles. The quantitative estimate of drug-likeness (QED) is 0.465. The maximum Gasteiger partial charge on any atom is 0.176 e. The third-order valence-corrected chi connectivity index (χ3v) is 2.40. The average Bonchev–Trinajstić information content (AvgIpc) is 2.38. The number of nitrogens with one attached hydrogen (secondary N) is 1. The molecule has 1 N–H and O–H groups in total. The number of nitrogens with zero attached hydrogens (tertiary/aromatic N) is 1. The molecule has 56 valence electrons. The molecule has 0 heterocycles.